The highest BCUT2D eigenvalue weighted by Gasteiger charge is 2.08. The summed E-state index contributed by atoms with van der Waals surface area (Å²) in [5.41, 5.74) is 5.23. The Balaban J connectivity index is 1.69. The Kier molecular flexibility index (Phi) is 5.62. The number of ether oxygens (including phenoxy) is 2. The Hall–Kier alpha value is -3.46. The molecule has 0 atom stereocenters. The van der Waals surface area contributed by atoms with Crippen LogP contribution < -0.4 is 14.9 Å². The zero-order chi connectivity index (χ0) is 19.2. The summed E-state index contributed by atoms with van der Waals surface area (Å²) in [6.45, 7) is 0. The Bertz CT molecular complexity index is 970. The predicted octanol–water partition coefficient (Wildman–Crippen LogP) is 4.18. The van der Waals surface area contributed by atoms with Crippen molar-refractivity contribution in [1.29, 1.82) is 0 Å². The van der Waals surface area contributed by atoms with Crippen molar-refractivity contribution < 1.29 is 14.4 Å². The molecule has 1 heterocycles. The maximum Gasteiger partial charge on any atom is 0.269 e. The molecular weight excluding hydrogens is 368 g/mol. The summed E-state index contributed by atoms with van der Waals surface area (Å²) in [7, 11) is 3.17. The van der Waals surface area contributed by atoms with Crippen molar-refractivity contribution in [2.24, 2.45) is 5.10 Å². The van der Waals surface area contributed by atoms with E-state index in [-0.39, 0.29) is 5.69 Å². The summed E-state index contributed by atoms with van der Waals surface area (Å²) >= 11 is 1.38. The number of nitro groups is 1. The average molecular weight is 384 g/mol. The van der Waals surface area contributed by atoms with E-state index < -0.39 is 4.92 Å². The van der Waals surface area contributed by atoms with Crippen LogP contribution in [0.1, 0.15) is 5.56 Å². The SMILES string of the molecule is COc1ccc(/C=N/Nc2nc(-c3ccc([N+](=O)[O-])cc3)cs2)c(OC)c1. The van der Waals surface area contributed by atoms with E-state index in [9.17, 15) is 10.1 Å². The molecule has 3 rings (SSSR count). The fourth-order valence-electron chi connectivity index (χ4n) is 2.29. The summed E-state index contributed by atoms with van der Waals surface area (Å²) in [5.74, 6) is 1.34. The van der Waals surface area contributed by atoms with E-state index in [1.54, 1.807) is 38.6 Å². The predicted molar refractivity (Wildman–Crippen MR) is 105 cm³/mol. The van der Waals surface area contributed by atoms with Crippen molar-refractivity contribution in [2.45, 2.75) is 0 Å². The highest BCUT2D eigenvalue weighted by atomic mass is 32.1. The van der Waals surface area contributed by atoms with Gasteiger partial charge in [0.1, 0.15) is 11.5 Å². The number of non-ortho nitro benzene ring substituents is 1. The number of hydrazone groups is 1. The lowest BCUT2D eigenvalue weighted by Gasteiger charge is -2.06. The Morgan fingerprint density at radius 2 is 1.96 bits per heavy atom. The van der Waals surface area contributed by atoms with Crippen molar-refractivity contribution in [3.63, 3.8) is 0 Å². The molecule has 138 valence electrons. The average Bonchev–Trinajstić information content (AvgIpc) is 3.17. The fourth-order valence-corrected chi connectivity index (χ4v) is 2.96. The standard InChI is InChI=1S/C18H16N4O4S/c1-25-15-8-5-13(17(9-15)26-2)10-19-21-18-20-16(11-27-18)12-3-6-14(7-4-12)22(23)24/h3-11H,1-2H3,(H,20,21)/b19-10+. The number of hydrogen-bond donors (Lipinski definition) is 1. The van der Waals surface area contributed by atoms with Gasteiger partial charge in [-0.2, -0.15) is 5.10 Å². The number of benzene rings is 2. The fraction of sp³-hybridized carbons (Fsp3) is 0.111. The lowest BCUT2D eigenvalue weighted by atomic mass is 10.1. The number of aromatic nitrogens is 1. The van der Waals surface area contributed by atoms with Crippen molar-refractivity contribution >= 4 is 28.4 Å². The van der Waals surface area contributed by atoms with Gasteiger partial charge >= 0.3 is 0 Å². The van der Waals surface area contributed by atoms with Crippen LogP contribution in [-0.4, -0.2) is 30.3 Å². The number of anilines is 1. The summed E-state index contributed by atoms with van der Waals surface area (Å²) in [6, 6.07) is 11.7. The van der Waals surface area contributed by atoms with E-state index >= 15 is 0 Å². The molecule has 0 radical (unpaired) electrons. The van der Waals surface area contributed by atoms with Crippen LogP contribution in [-0.2, 0) is 0 Å². The molecule has 0 amide bonds. The number of hydrogen-bond acceptors (Lipinski definition) is 8. The monoisotopic (exact) mass is 384 g/mol. The molecule has 0 saturated carbocycles. The van der Waals surface area contributed by atoms with Crippen LogP contribution in [0.4, 0.5) is 10.8 Å². The molecule has 0 bridgehead atoms. The summed E-state index contributed by atoms with van der Waals surface area (Å²) in [6.07, 6.45) is 1.63. The molecule has 0 spiro atoms. The van der Waals surface area contributed by atoms with Crippen LogP contribution in [0.2, 0.25) is 0 Å². The van der Waals surface area contributed by atoms with Gasteiger partial charge < -0.3 is 9.47 Å². The van der Waals surface area contributed by atoms with Crippen LogP contribution in [0.3, 0.4) is 0 Å². The van der Waals surface area contributed by atoms with Crippen molar-refractivity contribution in [3.8, 4) is 22.8 Å². The highest BCUT2D eigenvalue weighted by molar-refractivity contribution is 7.14. The molecule has 0 unspecified atom stereocenters. The van der Waals surface area contributed by atoms with Gasteiger partial charge in [-0.25, -0.2) is 4.98 Å². The lowest BCUT2D eigenvalue weighted by Crippen LogP contribution is -1.95. The van der Waals surface area contributed by atoms with Gasteiger partial charge in [0.2, 0.25) is 5.13 Å². The summed E-state index contributed by atoms with van der Waals surface area (Å²) in [4.78, 5) is 14.7. The first kappa shape index (κ1) is 18.3. The van der Waals surface area contributed by atoms with Crippen molar-refractivity contribution in [2.75, 3.05) is 19.6 Å². The first-order valence-corrected chi connectivity index (χ1v) is 8.70. The largest absolute Gasteiger partial charge is 0.497 e. The summed E-state index contributed by atoms with van der Waals surface area (Å²) in [5, 5.41) is 17.4. The molecular formula is C18H16N4O4S. The molecule has 8 nitrogen and oxygen atoms in total. The molecule has 1 N–H and O–H groups in total. The molecule has 2 aromatic carbocycles. The van der Waals surface area contributed by atoms with Crippen molar-refractivity contribution in [3.05, 3.63) is 63.5 Å². The molecule has 27 heavy (non-hydrogen) atoms. The van der Waals surface area contributed by atoms with E-state index in [4.69, 9.17) is 9.47 Å². The maximum absolute atomic E-state index is 10.7. The first-order chi connectivity index (χ1) is 13.1. The minimum Gasteiger partial charge on any atom is -0.497 e. The molecule has 0 aliphatic heterocycles. The van der Waals surface area contributed by atoms with Gasteiger partial charge in [-0.05, 0) is 24.3 Å². The van der Waals surface area contributed by atoms with E-state index in [0.29, 0.717) is 16.6 Å². The number of thiazole rings is 1. The molecule has 0 saturated heterocycles. The third kappa shape index (κ3) is 4.39. The van der Waals surface area contributed by atoms with Crippen molar-refractivity contribution in [1.82, 2.24) is 4.98 Å². The first-order valence-electron chi connectivity index (χ1n) is 7.82. The quantitative estimate of drug-likeness (QED) is 0.373. The molecule has 3 aromatic rings. The van der Waals surface area contributed by atoms with Gasteiger partial charge in [0.25, 0.3) is 5.69 Å². The van der Waals surface area contributed by atoms with Crippen LogP contribution in [0, 0.1) is 10.1 Å². The van der Waals surface area contributed by atoms with E-state index in [1.165, 1.54) is 23.5 Å². The smallest absolute Gasteiger partial charge is 0.269 e. The van der Waals surface area contributed by atoms with Gasteiger partial charge in [0.15, 0.2) is 0 Å². The van der Waals surface area contributed by atoms with Crippen LogP contribution >= 0.6 is 11.3 Å². The number of methoxy groups -OCH3 is 2. The normalized spacial score (nSPS) is 10.7. The Morgan fingerprint density at radius 3 is 2.63 bits per heavy atom. The second kappa shape index (κ2) is 8.28. The molecule has 0 fully saturated rings. The van der Waals surface area contributed by atoms with Gasteiger partial charge in [-0.1, -0.05) is 0 Å². The van der Waals surface area contributed by atoms with E-state index in [0.717, 1.165) is 16.8 Å². The number of nitrogens with one attached hydrogen (secondary N) is 1. The molecule has 0 aliphatic rings. The third-order valence-electron chi connectivity index (χ3n) is 3.68. The van der Waals surface area contributed by atoms with Gasteiger partial charge in [-0.15, -0.1) is 11.3 Å². The third-order valence-corrected chi connectivity index (χ3v) is 4.43. The lowest BCUT2D eigenvalue weighted by molar-refractivity contribution is -0.384. The minimum atomic E-state index is -0.431. The van der Waals surface area contributed by atoms with Crippen LogP contribution in [0.25, 0.3) is 11.3 Å². The Morgan fingerprint density at radius 1 is 1.19 bits per heavy atom. The van der Waals surface area contributed by atoms with Gasteiger partial charge in [-0.3, -0.25) is 15.5 Å². The topological polar surface area (TPSA) is 98.9 Å². The maximum atomic E-state index is 10.7. The number of nitro benzene ring substituents is 1. The van der Waals surface area contributed by atoms with E-state index in [1.807, 2.05) is 17.5 Å². The summed E-state index contributed by atoms with van der Waals surface area (Å²) < 4.78 is 10.5. The van der Waals surface area contributed by atoms with Gasteiger partial charge in [0, 0.05) is 34.7 Å². The number of rotatable bonds is 7. The van der Waals surface area contributed by atoms with Crippen LogP contribution in [0.5, 0.6) is 11.5 Å². The second-order valence-corrected chi connectivity index (χ2v) is 6.18. The van der Waals surface area contributed by atoms with Gasteiger partial charge in [0.05, 0.1) is 31.1 Å². The Labute approximate surface area is 159 Å². The second-order valence-electron chi connectivity index (χ2n) is 5.32. The van der Waals surface area contributed by atoms with E-state index in [2.05, 4.69) is 15.5 Å². The molecule has 1 aromatic heterocycles. The molecule has 9 heteroatoms. The number of nitrogens with zero attached hydrogens (tertiary/aromatic N) is 3. The zero-order valence-electron chi connectivity index (χ0n) is 14.6. The highest BCUT2D eigenvalue weighted by Crippen LogP contribution is 2.27. The minimum absolute atomic E-state index is 0.0466. The van der Waals surface area contributed by atoms with Crippen LogP contribution in [0.15, 0.2) is 52.9 Å². The zero-order valence-corrected chi connectivity index (χ0v) is 15.4. The molecule has 0 aliphatic carbocycles.